The Bertz CT molecular complexity index is 342. The fraction of sp³-hybridized carbons (Fsp3) is 0.222. The minimum Gasteiger partial charge on any atom is -0.508 e. The van der Waals surface area contributed by atoms with Crippen LogP contribution in [0.3, 0.4) is 0 Å². The number of esters is 1. The van der Waals surface area contributed by atoms with Gasteiger partial charge in [-0.3, -0.25) is 4.79 Å². The molecule has 0 amide bonds. The predicted octanol–water partition coefficient (Wildman–Crippen LogP) is 2.01. The molecule has 0 bridgehead atoms. The highest BCUT2D eigenvalue weighted by Crippen LogP contribution is 2.25. The zero-order chi connectivity index (χ0) is 10.7. The molecule has 1 aromatic carbocycles. The van der Waals surface area contributed by atoms with Gasteiger partial charge in [-0.15, -0.1) is 0 Å². The summed E-state index contributed by atoms with van der Waals surface area (Å²) in [5.74, 6) is -1.36. The maximum absolute atomic E-state index is 13.2. The number of carbonyl (C=O) groups excluding carboxylic acids is 1. The number of ether oxygens (including phenoxy) is 1. The van der Waals surface area contributed by atoms with Crippen LogP contribution < -0.4 is 0 Å². The molecule has 0 aliphatic heterocycles. The largest absolute Gasteiger partial charge is 0.508 e. The van der Waals surface area contributed by atoms with Crippen LogP contribution in [0, 0.1) is 5.82 Å². The fourth-order valence-electron chi connectivity index (χ4n) is 0.975. The first-order chi connectivity index (χ1) is 6.54. The fourth-order valence-corrected chi connectivity index (χ4v) is 1.54. The summed E-state index contributed by atoms with van der Waals surface area (Å²) in [6.45, 7) is 0. The lowest BCUT2D eigenvalue weighted by molar-refractivity contribution is -0.139. The Labute approximate surface area is 88.6 Å². The molecule has 14 heavy (non-hydrogen) atoms. The van der Waals surface area contributed by atoms with Crippen molar-refractivity contribution in [1.82, 2.24) is 0 Å². The van der Waals surface area contributed by atoms with Crippen LogP contribution in [0.5, 0.6) is 5.75 Å². The summed E-state index contributed by atoms with van der Waals surface area (Å²) < 4.78 is 18.0. The van der Waals surface area contributed by atoms with Gasteiger partial charge in [0.15, 0.2) is 0 Å². The highest BCUT2D eigenvalue weighted by atomic mass is 79.9. The van der Waals surface area contributed by atoms with E-state index in [4.69, 9.17) is 5.11 Å². The van der Waals surface area contributed by atoms with Crippen LogP contribution in [0.4, 0.5) is 4.39 Å². The van der Waals surface area contributed by atoms with Gasteiger partial charge in [0.2, 0.25) is 0 Å². The number of rotatable bonds is 2. The van der Waals surface area contributed by atoms with Crippen molar-refractivity contribution in [1.29, 1.82) is 0 Å². The molecule has 1 rings (SSSR count). The van der Waals surface area contributed by atoms with Crippen LogP contribution in [0.15, 0.2) is 16.6 Å². The van der Waals surface area contributed by atoms with E-state index in [1.807, 2.05) is 0 Å². The molecule has 0 aliphatic rings. The van der Waals surface area contributed by atoms with Gasteiger partial charge < -0.3 is 9.84 Å². The second-order valence-electron chi connectivity index (χ2n) is 2.64. The molecule has 0 fully saturated rings. The first-order valence-corrected chi connectivity index (χ1v) is 4.57. The smallest absolute Gasteiger partial charge is 0.310 e. The van der Waals surface area contributed by atoms with Crippen molar-refractivity contribution >= 4 is 21.9 Å². The molecular formula is C9H8BrFO3. The molecule has 0 heterocycles. The van der Waals surface area contributed by atoms with Gasteiger partial charge in [-0.2, -0.15) is 0 Å². The van der Waals surface area contributed by atoms with Gasteiger partial charge in [0.05, 0.1) is 13.5 Å². The molecule has 0 aromatic heterocycles. The highest BCUT2D eigenvalue weighted by molar-refractivity contribution is 9.10. The molecule has 0 saturated carbocycles. The topological polar surface area (TPSA) is 46.5 Å². The van der Waals surface area contributed by atoms with E-state index in [1.54, 1.807) is 0 Å². The molecular weight excluding hydrogens is 255 g/mol. The van der Waals surface area contributed by atoms with Gasteiger partial charge >= 0.3 is 5.97 Å². The Hall–Kier alpha value is -1.10. The van der Waals surface area contributed by atoms with Crippen LogP contribution >= 0.6 is 15.9 Å². The maximum atomic E-state index is 13.2. The quantitative estimate of drug-likeness (QED) is 0.830. The molecule has 0 atom stereocenters. The number of methoxy groups -OCH3 is 1. The van der Waals surface area contributed by atoms with Crippen molar-refractivity contribution in [3.8, 4) is 5.75 Å². The molecule has 3 nitrogen and oxygen atoms in total. The maximum Gasteiger partial charge on any atom is 0.310 e. The minimum atomic E-state index is -0.637. The SMILES string of the molecule is COC(=O)Cc1c(F)cc(O)cc1Br. The first-order valence-electron chi connectivity index (χ1n) is 3.78. The lowest BCUT2D eigenvalue weighted by Crippen LogP contribution is -2.06. The normalized spacial score (nSPS) is 9.93. The highest BCUT2D eigenvalue weighted by Gasteiger charge is 2.13. The van der Waals surface area contributed by atoms with Gasteiger partial charge in [-0.05, 0) is 6.07 Å². The van der Waals surface area contributed by atoms with E-state index in [0.717, 1.165) is 6.07 Å². The summed E-state index contributed by atoms with van der Waals surface area (Å²) in [5, 5.41) is 9.02. The van der Waals surface area contributed by atoms with Crippen LogP contribution in [-0.2, 0) is 16.0 Å². The van der Waals surface area contributed by atoms with Crippen LogP contribution in [0.25, 0.3) is 0 Å². The lowest BCUT2D eigenvalue weighted by Gasteiger charge is -2.05. The molecule has 76 valence electrons. The molecule has 1 N–H and O–H groups in total. The third kappa shape index (κ3) is 2.45. The van der Waals surface area contributed by atoms with Crippen molar-refractivity contribution < 1.29 is 19.0 Å². The van der Waals surface area contributed by atoms with E-state index >= 15 is 0 Å². The summed E-state index contributed by atoms with van der Waals surface area (Å²) in [7, 11) is 1.23. The second-order valence-corrected chi connectivity index (χ2v) is 3.50. The molecule has 0 aliphatic carbocycles. The second kappa shape index (κ2) is 4.41. The Morgan fingerprint density at radius 1 is 1.64 bits per heavy atom. The van der Waals surface area contributed by atoms with Crippen molar-refractivity contribution in [2.24, 2.45) is 0 Å². The van der Waals surface area contributed by atoms with Crippen molar-refractivity contribution in [2.45, 2.75) is 6.42 Å². The van der Waals surface area contributed by atoms with Crippen molar-refractivity contribution in [2.75, 3.05) is 7.11 Å². The van der Waals surface area contributed by atoms with Gasteiger partial charge in [0.25, 0.3) is 0 Å². The summed E-state index contributed by atoms with van der Waals surface area (Å²) in [5.41, 5.74) is 0.176. The number of carbonyl (C=O) groups is 1. The van der Waals surface area contributed by atoms with Crippen LogP contribution in [-0.4, -0.2) is 18.2 Å². The third-order valence-electron chi connectivity index (χ3n) is 1.67. The van der Waals surface area contributed by atoms with Gasteiger partial charge in [-0.1, -0.05) is 15.9 Å². The summed E-state index contributed by atoms with van der Waals surface area (Å²) >= 11 is 3.05. The van der Waals surface area contributed by atoms with Crippen molar-refractivity contribution in [3.63, 3.8) is 0 Å². The summed E-state index contributed by atoms with van der Waals surface area (Å²) in [6.07, 6.45) is -0.163. The number of phenols is 1. The average Bonchev–Trinajstić information content (AvgIpc) is 2.10. The third-order valence-corrected chi connectivity index (χ3v) is 2.38. The van der Waals surface area contributed by atoms with E-state index in [9.17, 15) is 9.18 Å². The zero-order valence-corrected chi connectivity index (χ0v) is 8.97. The lowest BCUT2D eigenvalue weighted by atomic mass is 10.1. The standard InChI is InChI=1S/C9H8BrFO3/c1-14-9(13)4-6-7(10)2-5(12)3-8(6)11/h2-3,12H,4H2,1H3. The molecule has 0 saturated heterocycles. The number of hydrogen-bond donors (Lipinski definition) is 1. The molecule has 0 unspecified atom stereocenters. The summed E-state index contributed by atoms with van der Waals surface area (Å²) in [6, 6.07) is 2.27. The van der Waals surface area contributed by atoms with E-state index in [0.29, 0.717) is 4.47 Å². The number of phenolic OH excluding ortho intramolecular Hbond substituents is 1. The van der Waals surface area contributed by atoms with Crippen LogP contribution in [0.1, 0.15) is 5.56 Å². The number of hydrogen-bond acceptors (Lipinski definition) is 3. The first kappa shape index (κ1) is 11.0. The summed E-state index contributed by atoms with van der Waals surface area (Å²) in [4.78, 5) is 10.9. The van der Waals surface area contributed by atoms with E-state index in [1.165, 1.54) is 13.2 Å². The number of halogens is 2. The Morgan fingerprint density at radius 3 is 2.79 bits per heavy atom. The molecule has 5 heteroatoms. The Balaban J connectivity index is 3.02. The van der Waals surface area contributed by atoms with Crippen molar-refractivity contribution in [3.05, 3.63) is 28.0 Å². The number of benzene rings is 1. The van der Waals surface area contributed by atoms with E-state index in [2.05, 4.69) is 20.7 Å². The zero-order valence-electron chi connectivity index (χ0n) is 7.38. The Kier molecular flexibility index (Phi) is 3.46. The Morgan fingerprint density at radius 2 is 2.29 bits per heavy atom. The minimum absolute atomic E-state index is 0.163. The predicted molar refractivity (Wildman–Crippen MR) is 51.5 cm³/mol. The van der Waals surface area contributed by atoms with Crippen LogP contribution in [0.2, 0.25) is 0 Å². The average molecular weight is 263 g/mol. The van der Waals surface area contributed by atoms with E-state index < -0.39 is 11.8 Å². The van der Waals surface area contributed by atoms with Gasteiger partial charge in [0, 0.05) is 16.1 Å². The number of aromatic hydroxyl groups is 1. The van der Waals surface area contributed by atoms with Gasteiger partial charge in [0.1, 0.15) is 11.6 Å². The molecule has 0 spiro atoms. The van der Waals surface area contributed by atoms with Gasteiger partial charge in [-0.25, -0.2) is 4.39 Å². The molecule has 0 radical (unpaired) electrons. The molecule has 1 aromatic rings. The monoisotopic (exact) mass is 262 g/mol. The van der Waals surface area contributed by atoms with E-state index in [-0.39, 0.29) is 17.7 Å².